The number of nitrogens with zero attached hydrogens (tertiary/aromatic N) is 3. The van der Waals surface area contributed by atoms with Crippen LogP contribution in [0, 0.1) is 12.8 Å². The molecule has 0 bridgehead atoms. The van der Waals surface area contributed by atoms with Gasteiger partial charge in [-0.2, -0.15) is 0 Å². The lowest BCUT2D eigenvalue weighted by Gasteiger charge is -2.22. The Morgan fingerprint density at radius 2 is 1.88 bits per heavy atom. The summed E-state index contributed by atoms with van der Waals surface area (Å²) >= 11 is 0. The predicted octanol–water partition coefficient (Wildman–Crippen LogP) is 2.04. The molecule has 4 heteroatoms. The molecule has 1 heterocycles. The lowest BCUT2D eigenvalue weighted by Crippen LogP contribution is -2.33. The maximum Gasteiger partial charge on any atom is 0.146 e. The molecule has 0 radical (unpaired) electrons. The molecule has 1 atom stereocenters. The Balaban J connectivity index is 2.48. The van der Waals surface area contributed by atoms with E-state index in [0.29, 0.717) is 6.04 Å². The third-order valence-corrected chi connectivity index (χ3v) is 3.52. The lowest BCUT2D eigenvalue weighted by atomic mass is 9.95. The van der Waals surface area contributed by atoms with E-state index in [0.717, 1.165) is 24.1 Å². The summed E-state index contributed by atoms with van der Waals surface area (Å²) in [5.74, 6) is 2.72. The topological polar surface area (TPSA) is 42.7 Å². The first-order chi connectivity index (χ1) is 7.60. The fourth-order valence-corrected chi connectivity index (χ4v) is 2.02. The molecular weight excluding hydrogens is 200 g/mol. The number of nitrogens with one attached hydrogen (secondary N) is 1. The van der Waals surface area contributed by atoms with E-state index in [1.807, 2.05) is 18.5 Å². The second-order valence-corrected chi connectivity index (χ2v) is 4.47. The Labute approximate surface area is 98.5 Å². The summed E-state index contributed by atoms with van der Waals surface area (Å²) in [7, 11) is 2.01. The first-order valence-corrected chi connectivity index (χ1v) is 6.18. The summed E-state index contributed by atoms with van der Waals surface area (Å²) in [4.78, 5) is 0. The first kappa shape index (κ1) is 13.2. The van der Waals surface area contributed by atoms with E-state index < -0.39 is 0 Å². The Bertz CT molecular complexity index is 315. The summed E-state index contributed by atoms with van der Waals surface area (Å²) in [6.45, 7) is 9.52. The lowest BCUT2D eigenvalue weighted by molar-refractivity contribution is 0.349. The van der Waals surface area contributed by atoms with Crippen molar-refractivity contribution < 1.29 is 0 Å². The number of hydrogen-bond acceptors (Lipinski definition) is 3. The molecule has 0 aliphatic heterocycles. The van der Waals surface area contributed by atoms with Gasteiger partial charge in [0.1, 0.15) is 11.6 Å². The molecule has 0 saturated carbocycles. The maximum atomic E-state index is 4.15. The molecule has 4 nitrogen and oxygen atoms in total. The average Bonchev–Trinajstić information content (AvgIpc) is 2.59. The minimum Gasteiger partial charge on any atom is -0.317 e. The van der Waals surface area contributed by atoms with Gasteiger partial charge in [-0.3, -0.25) is 0 Å². The second-order valence-electron chi connectivity index (χ2n) is 4.47. The largest absolute Gasteiger partial charge is 0.317 e. The fraction of sp³-hybridized carbons (Fsp3) is 0.833. The summed E-state index contributed by atoms with van der Waals surface area (Å²) < 4.78 is 2.03. The van der Waals surface area contributed by atoms with E-state index in [1.165, 1.54) is 12.8 Å². The minimum absolute atomic E-state index is 0.534. The van der Waals surface area contributed by atoms with E-state index in [2.05, 4.69) is 36.3 Å². The predicted molar refractivity (Wildman–Crippen MR) is 66.1 cm³/mol. The number of hydrogen-bond donors (Lipinski definition) is 1. The molecule has 16 heavy (non-hydrogen) atoms. The quantitative estimate of drug-likeness (QED) is 0.804. The standard InChI is InChI=1S/C12H24N4/c1-6-11(7-2)9(3)13-8-12-15-14-10(4)16(12)5/h9,11,13H,6-8H2,1-5H3. The van der Waals surface area contributed by atoms with Gasteiger partial charge < -0.3 is 9.88 Å². The normalized spacial score (nSPS) is 13.4. The molecule has 1 aromatic heterocycles. The molecule has 92 valence electrons. The highest BCUT2D eigenvalue weighted by atomic mass is 15.3. The monoisotopic (exact) mass is 224 g/mol. The molecule has 0 aliphatic rings. The Hall–Kier alpha value is -0.900. The fourth-order valence-electron chi connectivity index (χ4n) is 2.02. The second kappa shape index (κ2) is 5.99. The summed E-state index contributed by atoms with van der Waals surface area (Å²) in [6, 6.07) is 0.534. The third kappa shape index (κ3) is 3.04. The zero-order valence-corrected chi connectivity index (χ0v) is 11.1. The van der Waals surface area contributed by atoms with E-state index >= 15 is 0 Å². The van der Waals surface area contributed by atoms with Crippen LogP contribution in [0.4, 0.5) is 0 Å². The van der Waals surface area contributed by atoms with Crippen molar-refractivity contribution in [1.82, 2.24) is 20.1 Å². The molecule has 1 unspecified atom stereocenters. The minimum atomic E-state index is 0.534. The van der Waals surface area contributed by atoms with Crippen molar-refractivity contribution in [2.45, 2.75) is 53.1 Å². The Morgan fingerprint density at radius 1 is 1.25 bits per heavy atom. The number of aromatic nitrogens is 3. The zero-order valence-electron chi connectivity index (χ0n) is 11.1. The maximum absolute atomic E-state index is 4.15. The van der Waals surface area contributed by atoms with Gasteiger partial charge in [0, 0.05) is 13.1 Å². The van der Waals surface area contributed by atoms with E-state index in [9.17, 15) is 0 Å². The van der Waals surface area contributed by atoms with Crippen LogP contribution in [0.15, 0.2) is 0 Å². The van der Waals surface area contributed by atoms with Gasteiger partial charge in [-0.25, -0.2) is 0 Å². The summed E-state index contributed by atoms with van der Waals surface area (Å²) in [5, 5.41) is 11.7. The zero-order chi connectivity index (χ0) is 12.1. The molecule has 0 fully saturated rings. The van der Waals surface area contributed by atoms with Gasteiger partial charge in [-0.15, -0.1) is 10.2 Å². The number of rotatable bonds is 6. The molecule has 0 aliphatic carbocycles. The van der Waals surface area contributed by atoms with Gasteiger partial charge in [0.2, 0.25) is 0 Å². The molecule has 1 rings (SSSR count). The van der Waals surface area contributed by atoms with Gasteiger partial charge in [0.25, 0.3) is 0 Å². The van der Waals surface area contributed by atoms with Crippen molar-refractivity contribution >= 4 is 0 Å². The van der Waals surface area contributed by atoms with Crippen LogP contribution >= 0.6 is 0 Å². The van der Waals surface area contributed by atoms with E-state index in [-0.39, 0.29) is 0 Å². The van der Waals surface area contributed by atoms with Gasteiger partial charge >= 0.3 is 0 Å². The van der Waals surface area contributed by atoms with Gasteiger partial charge in [0.15, 0.2) is 0 Å². The van der Waals surface area contributed by atoms with Crippen LogP contribution in [0.25, 0.3) is 0 Å². The molecule has 0 aromatic carbocycles. The highest BCUT2D eigenvalue weighted by Gasteiger charge is 2.13. The average molecular weight is 224 g/mol. The summed E-state index contributed by atoms with van der Waals surface area (Å²) in [5.41, 5.74) is 0. The molecule has 0 saturated heterocycles. The van der Waals surface area contributed by atoms with Gasteiger partial charge in [-0.05, 0) is 19.8 Å². The Kier molecular flexibility index (Phi) is 4.93. The smallest absolute Gasteiger partial charge is 0.146 e. The van der Waals surface area contributed by atoms with Crippen molar-refractivity contribution in [2.75, 3.05) is 0 Å². The van der Waals surface area contributed by atoms with Crippen LogP contribution in [0.3, 0.4) is 0 Å². The first-order valence-electron chi connectivity index (χ1n) is 6.18. The Morgan fingerprint density at radius 3 is 2.31 bits per heavy atom. The van der Waals surface area contributed by atoms with Crippen molar-refractivity contribution in [3.05, 3.63) is 11.6 Å². The van der Waals surface area contributed by atoms with Crippen LogP contribution in [0.2, 0.25) is 0 Å². The van der Waals surface area contributed by atoms with E-state index in [1.54, 1.807) is 0 Å². The van der Waals surface area contributed by atoms with Crippen molar-refractivity contribution in [1.29, 1.82) is 0 Å². The SMILES string of the molecule is CCC(CC)C(C)NCc1nnc(C)n1C. The molecule has 1 aromatic rings. The van der Waals surface area contributed by atoms with Crippen LogP contribution in [0.1, 0.15) is 45.3 Å². The molecule has 0 amide bonds. The molecular formula is C12H24N4. The number of aryl methyl sites for hydroxylation is 1. The van der Waals surface area contributed by atoms with Crippen LogP contribution in [-0.4, -0.2) is 20.8 Å². The molecule has 1 N–H and O–H groups in total. The van der Waals surface area contributed by atoms with Gasteiger partial charge in [0.05, 0.1) is 6.54 Å². The summed E-state index contributed by atoms with van der Waals surface area (Å²) in [6.07, 6.45) is 2.45. The highest BCUT2D eigenvalue weighted by molar-refractivity contribution is 4.92. The highest BCUT2D eigenvalue weighted by Crippen LogP contribution is 2.12. The molecule has 0 spiro atoms. The van der Waals surface area contributed by atoms with Crippen LogP contribution in [0.5, 0.6) is 0 Å². The van der Waals surface area contributed by atoms with Crippen molar-refractivity contribution in [3.8, 4) is 0 Å². The van der Waals surface area contributed by atoms with Crippen LogP contribution in [-0.2, 0) is 13.6 Å². The van der Waals surface area contributed by atoms with Crippen LogP contribution < -0.4 is 5.32 Å². The van der Waals surface area contributed by atoms with Gasteiger partial charge in [-0.1, -0.05) is 26.7 Å². The van der Waals surface area contributed by atoms with Crippen molar-refractivity contribution in [2.24, 2.45) is 13.0 Å². The van der Waals surface area contributed by atoms with E-state index in [4.69, 9.17) is 0 Å². The third-order valence-electron chi connectivity index (χ3n) is 3.52. The van der Waals surface area contributed by atoms with Crippen molar-refractivity contribution in [3.63, 3.8) is 0 Å².